The highest BCUT2D eigenvalue weighted by Gasteiger charge is 2.06. The second kappa shape index (κ2) is 18.6. The minimum Gasteiger partial charge on any atom is -0.357 e. The Hall–Kier alpha value is 0.310. The summed E-state index contributed by atoms with van der Waals surface area (Å²) in [6.07, 6.45) is 7.02. The molecule has 0 aliphatic carbocycles. The fourth-order valence-corrected chi connectivity index (χ4v) is 2.83. The van der Waals surface area contributed by atoms with Crippen molar-refractivity contribution in [2.75, 3.05) is 44.7 Å². The van der Waals surface area contributed by atoms with E-state index in [0.717, 1.165) is 32.1 Å². The molecule has 0 saturated carbocycles. The van der Waals surface area contributed by atoms with Gasteiger partial charge in [-0.25, -0.2) is 0 Å². The van der Waals surface area contributed by atoms with Gasteiger partial charge < -0.3 is 15.5 Å². The normalized spacial score (nSPS) is 12.9. The average molecular weight is 458 g/mol. The van der Waals surface area contributed by atoms with Gasteiger partial charge in [-0.2, -0.15) is 11.8 Å². The van der Waals surface area contributed by atoms with Crippen LogP contribution < -0.4 is 10.6 Å². The lowest BCUT2D eigenvalue weighted by molar-refractivity contribution is 0.292. The maximum absolute atomic E-state index is 4.68. The van der Waals surface area contributed by atoms with Crippen LogP contribution in [0.2, 0.25) is 0 Å². The van der Waals surface area contributed by atoms with Crippen molar-refractivity contribution in [1.82, 2.24) is 15.5 Å². The minimum absolute atomic E-state index is 0. The Bertz CT molecular complexity index is 273. The van der Waals surface area contributed by atoms with Crippen LogP contribution in [-0.4, -0.2) is 61.6 Å². The summed E-state index contributed by atoms with van der Waals surface area (Å²) >= 11 is 1.91. The van der Waals surface area contributed by atoms with E-state index in [0.29, 0.717) is 6.04 Å². The molecular formula is C17H39IN4S. The van der Waals surface area contributed by atoms with Gasteiger partial charge in [-0.05, 0) is 71.2 Å². The van der Waals surface area contributed by atoms with Gasteiger partial charge in [0.1, 0.15) is 0 Å². The predicted molar refractivity (Wildman–Crippen MR) is 119 cm³/mol. The number of halogens is 1. The predicted octanol–water partition coefficient (Wildman–Crippen LogP) is 3.81. The average Bonchev–Trinajstić information content (AvgIpc) is 2.51. The number of guanidine groups is 1. The van der Waals surface area contributed by atoms with Crippen LogP contribution in [0.25, 0.3) is 0 Å². The molecule has 0 fully saturated rings. The second-order valence-corrected chi connectivity index (χ2v) is 6.66. The third-order valence-electron chi connectivity index (χ3n) is 3.76. The second-order valence-electron chi connectivity index (χ2n) is 5.68. The van der Waals surface area contributed by atoms with Crippen molar-refractivity contribution in [3.05, 3.63) is 0 Å². The summed E-state index contributed by atoms with van der Waals surface area (Å²) in [5.41, 5.74) is 0. The van der Waals surface area contributed by atoms with Crippen molar-refractivity contribution in [3.8, 4) is 0 Å². The fourth-order valence-electron chi connectivity index (χ4n) is 2.34. The molecule has 0 spiro atoms. The van der Waals surface area contributed by atoms with E-state index in [9.17, 15) is 0 Å². The summed E-state index contributed by atoms with van der Waals surface area (Å²) in [7, 11) is 0. The molecule has 6 heteroatoms. The molecule has 140 valence electrons. The van der Waals surface area contributed by atoms with E-state index >= 15 is 0 Å². The summed E-state index contributed by atoms with van der Waals surface area (Å²) in [4.78, 5) is 7.16. The van der Waals surface area contributed by atoms with Gasteiger partial charge in [0.15, 0.2) is 5.96 Å². The molecule has 1 unspecified atom stereocenters. The molecule has 0 saturated heterocycles. The summed E-state index contributed by atoms with van der Waals surface area (Å²) in [6.45, 7) is 14.2. The standard InChI is InChI=1S/C17H38N4S.HI/c1-6-18-17(19-13-9-10-15-22-5)20-16(4)12-11-14-21(7-2)8-3;/h16H,6-15H2,1-5H3,(H2,18,19,20);1H. The maximum Gasteiger partial charge on any atom is 0.191 e. The first-order valence-electron chi connectivity index (χ1n) is 8.93. The first-order chi connectivity index (χ1) is 10.7. The fraction of sp³-hybridized carbons (Fsp3) is 0.941. The number of thioether (sulfide) groups is 1. The highest BCUT2D eigenvalue weighted by molar-refractivity contribution is 14.0. The number of hydrogen-bond donors (Lipinski definition) is 2. The molecule has 0 aliphatic heterocycles. The van der Waals surface area contributed by atoms with Gasteiger partial charge in [-0.1, -0.05) is 13.8 Å². The quantitative estimate of drug-likeness (QED) is 0.191. The molecule has 0 aromatic rings. The van der Waals surface area contributed by atoms with E-state index in [1.807, 2.05) is 11.8 Å². The molecule has 0 aliphatic rings. The molecule has 0 rings (SSSR count). The Morgan fingerprint density at radius 3 is 2.39 bits per heavy atom. The highest BCUT2D eigenvalue weighted by atomic mass is 127. The number of unbranched alkanes of at least 4 members (excludes halogenated alkanes) is 1. The molecule has 4 nitrogen and oxygen atoms in total. The molecule has 0 radical (unpaired) electrons. The zero-order chi connectivity index (χ0) is 16.6. The molecule has 0 bridgehead atoms. The number of hydrogen-bond acceptors (Lipinski definition) is 3. The molecule has 2 N–H and O–H groups in total. The number of rotatable bonds is 13. The first kappa shape index (κ1) is 25.5. The van der Waals surface area contributed by atoms with Crippen LogP contribution in [0.1, 0.15) is 53.4 Å². The van der Waals surface area contributed by atoms with Crippen LogP contribution >= 0.6 is 35.7 Å². The largest absolute Gasteiger partial charge is 0.357 e. The topological polar surface area (TPSA) is 39.7 Å². The Kier molecular flexibility index (Phi) is 20.7. The zero-order valence-corrected chi connectivity index (χ0v) is 19.0. The van der Waals surface area contributed by atoms with Crippen molar-refractivity contribution in [2.24, 2.45) is 4.99 Å². The van der Waals surface area contributed by atoms with Crippen LogP contribution in [0, 0.1) is 0 Å². The summed E-state index contributed by atoms with van der Waals surface area (Å²) < 4.78 is 0. The van der Waals surface area contributed by atoms with Crippen LogP contribution in [0.15, 0.2) is 4.99 Å². The molecule has 0 heterocycles. The molecule has 1 atom stereocenters. The van der Waals surface area contributed by atoms with Gasteiger partial charge in [0.05, 0.1) is 0 Å². The zero-order valence-electron chi connectivity index (χ0n) is 15.9. The summed E-state index contributed by atoms with van der Waals surface area (Å²) in [6, 6.07) is 0.472. The van der Waals surface area contributed by atoms with Gasteiger partial charge in [-0.3, -0.25) is 4.99 Å². The Labute approximate surface area is 166 Å². The van der Waals surface area contributed by atoms with E-state index in [1.165, 1.54) is 38.0 Å². The molecular weight excluding hydrogens is 419 g/mol. The maximum atomic E-state index is 4.68. The molecule has 0 amide bonds. The van der Waals surface area contributed by atoms with Gasteiger partial charge >= 0.3 is 0 Å². The Balaban J connectivity index is 0. The van der Waals surface area contributed by atoms with E-state index in [4.69, 9.17) is 0 Å². The van der Waals surface area contributed by atoms with Gasteiger partial charge in [0, 0.05) is 19.1 Å². The Morgan fingerprint density at radius 1 is 1.13 bits per heavy atom. The smallest absolute Gasteiger partial charge is 0.191 e. The Morgan fingerprint density at radius 2 is 1.83 bits per heavy atom. The monoisotopic (exact) mass is 458 g/mol. The number of nitrogens with zero attached hydrogens (tertiary/aromatic N) is 2. The van der Waals surface area contributed by atoms with Crippen LogP contribution in [0.5, 0.6) is 0 Å². The van der Waals surface area contributed by atoms with E-state index in [2.05, 4.69) is 54.5 Å². The first-order valence-corrected chi connectivity index (χ1v) is 10.3. The third-order valence-corrected chi connectivity index (χ3v) is 4.46. The minimum atomic E-state index is 0. The van der Waals surface area contributed by atoms with Gasteiger partial charge in [-0.15, -0.1) is 24.0 Å². The van der Waals surface area contributed by atoms with Gasteiger partial charge in [0.25, 0.3) is 0 Å². The molecule has 23 heavy (non-hydrogen) atoms. The lowest BCUT2D eigenvalue weighted by Crippen LogP contribution is -2.42. The van der Waals surface area contributed by atoms with Crippen LogP contribution in [0.3, 0.4) is 0 Å². The van der Waals surface area contributed by atoms with E-state index < -0.39 is 0 Å². The van der Waals surface area contributed by atoms with Gasteiger partial charge in [0.2, 0.25) is 0 Å². The van der Waals surface area contributed by atoms with Crippen molar-refractivity contribution < 1.29 is 0 Å². The van der Waals surface area contributed by atoms with Crippen molar-refractivity contribution in [2.45, 2.75) is 59.4 Å². The summed E-state index contributed by atoms with van der Waals surface area (Å²) in [5.74, 6) is 2.21. The number of nitrogens with one attached hydrogen (secondary N) is 2. The molecule has 0 aromatic heterocycles. The lowest BCUT2D eigenvalue weighted by atomic mass is 10.2. The van der Waals surface area contributed by atoms with Crippen molar-refractivity contribution in [3.63, 3.8) is 0 Å². The molecule has 0 aromatic carbocycles. The van der Waals surface area contributed by atoms with Crippen LogP contribution in [-0.2, 0) is 0 Å². The van der Waals surface area contributed by atoms with E-state index in [-0.39, 0.29) is 24.0 Å². The lowest BCUT2D eigenvalue weighted by Gasteiger charge is -2.21. The van der Waals surface area contributed by atoms with E-state index in [1.54, 1.807) is 0 Å². The van der Waals surface area contributed by atoms with Crippen molar-refractivity contribution in [1.29, 1.82) is 0 Å². The van der Waals surface area contributed by atoms with Crippen LogP contribution in [0.4, 0.5) is 0 Å². The summed E-state index contributed by atoms with van der Waals surface area (Å²) in [5, 5.41) is 6.88. The van der Waals surface area contributed by atoms with Crippen molar-refractivity contribution >= 4 is 41.7 Å². The number of aliphatic imine (C=N–C) groups is 1. The highest BCUT2D eigenvalue weighted by Crippen LogP contribution is 2.01. The third kappa shape index (κ3) is 15.6. The SMILES string of the molecule is CCNC(=NCCCCSC)NC(C)CCCN(CC)CC.I.